The summed E-state index contributed by atoms with van der Waals surface area (Å²) in [5, 5.41) is 1.31. The van der Waals surface area contributed by atoms with Crippen LogP contribution in [-0.4, -0.2) is 30.3 Å². The van der Waals surface area contributed by atoms with E-state index < -0.39 is 27.0 Å². The van der Waals surface area contributed by atoms with Crippen molar-refractivity contribution in [2.75, 3.05) is 10.0 Å². The highest BCUT2D eigenvalue weighted by atomic mass is 35.5. The highest BCUT2D eigenvalue weighted by molar-refractivity contribution is 7.92. The van der Waals surface area contributed by atoms with Crippen LogP contribution in [0.5, 0.6) is 0 Å². The van der Waals surface area contributed by atoms with Crippen LogP contribution in [-0.2, 0) is 14.8 Å². The number of hydrogen-bond donors (Lipinski definition) is 2. The lowest BCUT2D eigenvalue weighted by Crippen LogP contribution is -2.23. The summed E-state index contributed by atoms with van der Waals surface area (Å²) in [5.41, 5.74) is 0.216. The van der Waals surface area contributed by atoms with E-state index >= 15 is 0 Å². The zero-order valence-electron chi connectivity index (χ0n) is 12.7. The Labute approximate surface area is 151 Å². The van der Waals surface area contributed by atoms with Gasteiger partial charge in [-0.1, -0.05) is 11.6 Å². The number of Topliss-reactive ketones (excluding diaryl/α,β-unsaturated/α-hetero) is 1. The number of ketones is 1. The van der Waals surface area contributed by atoms with Crippen LogP contribution in [0.15, 0.2) is 58.9 Å². The SMILES string of the molecule is O=C(/C(Cl)=C/Nc1ccc(S(=O)(=O)Nc2ncccn2)cc1)C(F)(F)F. The van der Waals surface area contributed by atoms with Crippen molar-refractivity contribution < 1.29 is 26.4 Å². The van der Waals surface area contributed by atoms with Gasteiger partial charge in [-0.3, -0.25) is 4.79 Å². The van der Waals surface area contributed by atoms with Crippen molar-refractivity contribution in [1.82, 2.24) is 9.97 Å². The zero-order valence-corrected chi connectivity index (χ0v) is 14.2. The van der Waals surface area contributed by atoms with Crippen LogP contribution in [0.1, 0.15) is 0 Å². The van der Waals surface area contributed by atoms with Crippen LogP contribution in [0.25, 0.3) is 0 Å². The average Bonchev–Trinajstić information content (AvgIpc) is 2.59. The predicted molar refractivity (Wildman–Crippen MR) is 87.9 cm³/mol. The van der Waals surface area contributed by atoms with Crippen LogP contribution < -0.4 is 10.0 Å². The monoisotopic (exact) mass is 406 g/mol. The van der Waals surface area contributed by atoms with Gasteiger partial charge in [-0.25, -0.2) is 23.1 Å². The fraction of sp³-hybridized carbons (Fsp3) is 0.0714. The first-order chi connectivity index (χ1) is 12.1. The van der Waals surface area contributed by atoms with Gasteiger partial charge < -0.3 is 5.32 Å². The van der Waals surface area contributed by atoms with Crippen LogP contribution in [0.2, 0.25) is 0 Å². The molecule has 2 aromatic rings. The Morgan fingerprint density at radius 1 is 1.12 bits per heavy atom. The lowest BCUT2D eigenvalue weighted by molar-refractivity contribution is -0.165. The number of rotatable bonds is 6. The number of benzene rings is 1. The lowest BCUT2D eigenvalue weighted by atomic mass is 10.3. The lowest BCUT2D eigenvalue weighted by Gasteiger charge is -2.08. The minimum atomic E-state index is -5.08. The second kappa shape index (κ2) is 7.70. The second-order valence-corrected chi connectivity index (χ2v) is 6.76. The number of nitrogens with one attached hydrogen (secondary N) is 2. The fourth-order valence-electron chi connectivity index (χ4n) is 1.61. The van der Waals surface area contributed by atoms with Crippen molar-refractivity contribution in [3.8, 4) is 0 Å². The molecular formula is C14H10ClF3N4O3S. The van der Waals surface area contributed by atoms with Crippen LogP contribution in [0.4, 0.5) is 24.8 Å². The Morgan fingerprint density at radius 3 is 2.23 bits per heavy atom. The number of aromatic nitrogens is 2. The maximum atomic E-state index is 12.2. The van der Waals surface area contributed by atoms with Gasteiger partial charge in [0.2, 0.25) is 5.95 Å². The first-order valence-electron chi connectivity index (χ1n) is 6.73. The third kappa shape index (κ3) is 5.17. The molecule has 138 valence electrons. The number of carbonyl (C=O) groups is 1. The molecule has 0 radical (unpaired) electrons. The Balaban J connectivity index is 2.09. The Hall–Kier alpha value is -2.66. The molecule has 0 bridgehead atoms. The molecule has 0 fully saturated rings. The van der Waals surface area contributed by atoms with Gasteiger partial charge >= 0.3 is 6.18 Å². The molecule has 1 aromatic carbocycles. The summed E-state index contributed by atoms with van der Waals surface area (Å²) in [4.78, 5) is 18.2. The van der Waals surface area contributed by atoms with Crippen molar-refractivity contribution in [2.45, 2.75) is 11.1 Å². The number of sulfonamides is 1. The normalized spacial score (nSPS) is 12.5. The minimum Gasteiger partial charge on any atom is -0.360 e. The van der Waals surface area contributed by atoms with Crippen molar-refractivity contribution in [3.63, 3.8) is 0 Å². The van der Waals surface area contributed by atoms with Gasteiger partial charge in [0.25, 0.3) is 15.8 Å². The van der Waals surface area contributed by atoms with Crippen LogP contribution in [0, 0.1) is 0 Å². The first kappa shape index (κ1) is 19.7. The Morgan fingerprint density at radius 2 is 1.69 bits per heavy atom. The fourth-order valence-corrected chi connectivity index (χ4v) is 2.73. The Bertz CT molecular complexity index is 917. The van der Waals surface area contributed by atoms with Gasteiger partial charge in [0.1, 0.15) is 5.03 Å². The number of nitrogens with zero attached hydrogens (tertiary/aromatic N) is 2. The molecule has 0 aliphatic heterocycles. The molecular weight excluding hydrogens is 397 g/mol. The topological polar surface area (TPSA) is 101 Å². The van der Waals surface area contributed by atoms with E-state index in [0.29, 0.717) is 6.20 Å². The van der Waals surface area contributed by atoms with E-state index in [1.165, 1.54) is 42.7 Å². The van der Waals surface area contributed by atoms with Gasteiger partial charge in [-0.05, 0) is 30.3 Å². The quantitative estimate of drug-likeness (QED) is 0.715. The summed E-state index contributed by atoms with van der Waals surface area (Å²) in [6, 6.07) is 6.46. The zero-order chi connectivity index (χ0) is 19.4. The number of anilines is 2. The smallest absolute Gasteiger partial charge is 0.360 e. The number of allylic oxidation sites excluding steroid dienone is 1. The van der Waals surface area contributed by atoms with E-state index in [-0.39, 0.29) is 16.5 Å². The number of carbonyl (C=O) groups excluding carboxylic acids is 1. The van der Waals surface area contributed by atoms with E-state index in [2.05, 4.69) is 20.0 Å². The number of alkyl halides is 3. The van der Waals surface area contributed by atoms with Crippen molar-refractivity contribution >= 4 is 39.0 Å². The summed E-state index contributed by atoms with van der Waals surface area (Å²) in [6.07, 6.45) is -1.71. The van der Waals surface area contributed by atoms with Crippen LogP contribution >= 0.6 is 11.6 Å². The molecule has 0 spiro atoms. The number of hydrogen-bond acceptors (Lipinski definition) is 6. The van der Waals surface area contributed by atoms with Crippen LogP contribution in [0.3, 0.4) is 0 Å². The Kier molecular flexibility index (Phi) is 5.83. The van der Waals surface area contributed by atoms with Gasteiger partial charge in [0.15, 0.2) is 0 Å². The van der Waals surface area contributed by atoms with Gasteiger partial charge in [0.05, 0.1) is 4.90 Å². The van der Waals surface area contributed by atoms with E-state index in [1.54, 1.807) is 0 Å². The molecule has 0 amide bonds. The van der Waals surface area contributed by atoms with E-state index in [9.17, 15) is 26.4 Å². The summed E-state index contributed by atoms with van der Waals surface area (Å²) in [7, 11) is -3.94. The molecule has 0 aliphatic carbocycles. The molecule has 2 rings (SSSR count). The van der Waals surface area contributed by atoms with Gasteiger partial charge in [-0.2, -0.15) is 13.2 Å². The van der Waals surface area contributed by atoms with Crippen molar-refractivity contribution in [3.05, 3.63) is 54.0 Å². The van der Waals surface area contributed by atoms with Crippen molar-refractivity contribution in [2.24, 2.45) is 0 Å². The third-order valence-corrected chi connectivity index (χ3v) is 4.42. The molecule has 2 N–H and O–H groups in total. The molecule has 12 heteroatoms. The summed E-state index contributed by atoms with van der Waals surface area (Å²) >= 11 is 5.27. The average molecular weight is 407 g/mol. The summed E-state index contributed by atoms with van der Waals surface area (Å²) in [5.74, 6) is -2.31. The maximum Gasteiger partial charge on any atom is 0.455 e. The molecule has 26 heavy (non-hydrogen) atoms. The third-order valence-electron chi connectivity index (χ3n) is 2.80. The molecule has 0 atom stereocenters. The molecule has 1 aromatic heterocycles. The van der Waals surface area contributed by atoms with Crippen molar-refractivity contribution in [1.29, 1.82) is 0 Å². The predicted octanol–water partition coefficient (Wildman–Crippen LogP) is 2.90. The maximum absolute atomic E-state index is 12.2. The highest BCUT2D eigenvalue weighted by Gasteiger charge is 2.40. The van der Waals surface area contributed by atoms with E-state index in [4.69, 9.17) is 11.6 Å². The molecule has 0 unspecified atom stereocenters. The first-order valence-corrected chi connectivity index (χ1v) is 8.59. The second-order valence-electron chi connectivity index (χ2n) is 4.67. The highest BCUT2D eigenvalue weighted by Crippen LogP contribution is 2.23. The standard InChI is InChI=1S/C14H10ClF3N4O3S/c15-11(12(23)14(16,17)18)8-21-9-2-4-10(5-3-9)26(24,25)22-13-19-6-1-7-20-13/h1-8,21H,(H,19,20,22)/b11-8-. The van der Waals surface area contributed by atoms with Gasteiger partial charge in [-0.15, -0.1) is 0 Å². The molecule has 0 saturated carbocycles. The van der Waals surface area contributed by atoms with Gasteiger partial charge in [0, 0.05) is 24.3 Å². The minimum absolute atomic E-state index is 0.116. The van der Waals surface area contributed by atoms with E-state index in [1.807, 2.05) is 0 Å². The number of halogens is 4. The largest absolute Gasteiger partial charge is 0.455 e. The molecule has 1 heterocycles. The molecule has 0 saturated heterocycles. The molecule has 7 nitrogen and oxygen atoms in total. The molecule has 0 aliphatic rings. The summed E-state index contributed by atoms with van der Waals surface area (Å²) in [6.45, 7) is 0. The summed E-state index contributed by atoms with van der Waals surface area (Å²) < 4.78 is 63.1. The van der Waals surface area contributed by atoms with E-state index in [0.717, 1.165) is 0 Å².